The highest BCUT2D eigenvalue weighted by atomic mass is 32.2. The molecule has 0 saturated carbocycles. The lowest BCUT2D eigenvalue weighted by Gasteiger charge is -2.34. The highest BCUT2D eigenvalue weighted by Crippen LogP contribution is 2.25. The first-order chi connectivity index (χ1) is 15.3. The third-order valence-corrected chi connectivity index (χ3v) is 8.42. The SMILES string of the molecule is CCCn1c(=O)sc2cc(S(=O)(=O)N3CCN(C(=O)Cc4ccc(F)cc4)CC3)ccc21. The van der Waals surface area contributed by atoms with Crippen LogP contribution in [0, 0.1) is 5.82 Å². The lowest BCUT2D eigenvalue weighted by atomic mass is 10.1. The second-order valence-corrected chi connectivity index (χ2v) is 10.7. The van der Waals surface area contributed by atoms with E-state index in [1.54, 1.807) is 39.8 Å². The molecule has 0 N–H and O–H groups in total. The summed E-state index contributed by atoms with van der Waals surface area (Å²) in [6, 6.07) is 10.6. The van der Waals surface area contributed by atoms with Crippen LogP contribution in [-0.2, 0) is 27.8 Å². The quantitative estimate of drug-likeness (QED) is 0.547. The number of hydrogen-bond donors (Lipinski definition) is 0. The third-order valence-electron chi connectivity index (χ3n) is 5.58. The van der Waals surface area contributed by atoms with E-state index in [4.69, 9.17) is 0 Å². The Morgan fingerprint density at radius 1 is 1.06 bits per heavy atom. The molecule has 170 valence electrons. The summed E-state index contributed by atoms with van der Waals surface area (Å²) in [6.07, 6.45) is 0.966. The normalized spacial score (nSPS) is 15.4. The third kappa shape index (κ3) is 4.48. The molecule has 32 heavy (non-hydrogen) atoms. The topological polar surface area (TPSA) is 79.7 Å². The van der Waals surface area contributed by atoms with Crippen molar-refractivity contribution in [3.05, 3.63) is 63.5 Å². The first-order valence-corrected chi connectivity index (χ1v) is 12.7. The molecular weight excluding hydrogens is 453 g/mol. The highest BCUT2D eigenvalue weighted by molar-refractivity contribution is 7.89. The average molecular weight is 478 g/mol. The molecule has 1 aromatic heterocycles. The van der Waals surface area contributed by atoms with Gasteiger partial charge < -0.3 is 4.90 Å². The molecule has 0 unspecified atom stereocenters. The number of aryl methyl sites for hydroxylation is 1. The Bertz CT molecular complexity index is 1290. The number of carbonyl (C=O) groups is 1. The van der Waals surface area contributed by atoms with E-state index in [2.05, 4.69) is 0 Å². The van der Waals surface area contributed by atoms with Crippen LogP contribution in [0.4, 0.5) is 4.39 Å². The minimum absolute atomic E-state index is 0.0929. The minimum Gasteiger partial charge on any atom is -0.340 e. The van der Waals surface area contributed by atoms with Gasteiger partial charge in [0.05, 0.1) is 21.5 Å². The summed E-state index contributed by atoms with van der Waals surface area (Å²) in [5, 5.41) is 0. The molecule has 4 rings (SSSR count). The number of sulfonamides is 1. The van der Waals surface area contributed by atoms with Crippen molar-refractivity contribution in [1.29, 1.82) is 0 Å². The summed E-state index contributed by atoms with van der Waals surface area (Å²) >= 11 is 1.05. The summed E-state index contributed by atoms with van der Waals surface area (Å²) < 4.78 is 43.0. The molecule has 3 aromatic rings. The number of aromatic nitrogens is 1. The van der Waals surface area contributed by atoms with Crippen molar-refractivity contribution in [3.8, 4) is 0 Å². The molecule has 2 aromatic carbocycles. The van der Waals surface area contributed by atoms with E-state index in [0.29, 0.717) is 29.9 Å². The van der Waals surface area contributed by atoms with Crippen molar-refractivity contribution >= 4 is 37.5 Å². The van der Waals surface area contributed by atoms with E-state index in [-0.39, 0.29) is 41.0 Å². The van der Waals surface area contributed by atoms with E-state index in [1.165, 1.54) is 16.4 Å². The van der Waals surface area contributed by atoms with Gasteiger partial charge in [0.2, 0.25) is 15.9 Å². The highest BCUT2D eigenvalue weighted by Gasteiger charge is 2.30. The first-order valence-electron chi connectivity index (χ1n) is 10.5. The van der Waals surface area contributed by atoms with Gasteiger partial charge in [0.25, 0.3) is 0 Å². The summed E-state index contributed by atoms with van der Waals surface area (Å²) in [6.45, 7) is 3.56. The van der Waals surface area contributed by atoms with Crippen molar-refractivity contribution < 1.29 is 17.6 Å². The molecule has 1 amide bonds. The van der Waals surface area contributed by atoms with Gasteiger partial charge in [-0.2, -0.15) is 4.31 Å². The summed E-state index contributed by atoms with van der Waals surface area (Å²) in [5.74, 6) is -0.468. The summed E-state index contributed by atoms with van der Waals surface area (Å²) in [5.41, 5.74) is 1.46. The predicted molar refractivity (Wildman–Crippen MR) is 122 cm³/mol. The number of carbonyl (C=O) groups excluding carboxylic acids is 1. The number of rotatable bonds is 6. The van der Waals surface area contributed by atoms with E-state index < -0.39 is 10.0 Å². The van der Waals surface area contributed by atoms with E-state index >= 15 is 0 Å². The van der Waals surface area contributed by atoms with Crippen molar-refractivity contribution in [2.45, 2.75) is 31.2 Å². The van der Waals surface area contributed by atoms with Crippen LogP contribution in [0.2, 0.25) is 0 Å². The number of benzene rings is 2. The molecule has 1 saturated heterocycles. The Labute approximate surface area is 189 Å². The summed E-state index contributed by atoms with van der Waals surface area (Å²) in [7, 11) is -3.73. The van der Waals surface area contributed by atoms with Crippen LogP contribution in [-0.4, -0.2) is 54.3 Å². The van der Waals surface area contributed by atoms with Gasteiger partial charge in [-0.3, -0.25) is 14.2 Å². The maximum absolute atomic E-state index is 13.2. The van der Waals surface area contributed by atoms with Gasteiger partial charge in [0.1, 0.15) is 5.82 Å². The van der Waals surface area contributed by atoms with Crippen molar-refractivity contribution in [1.82, 2.24) is 13.8 Å². The number of halogens is 1. The lowest BCUT2D eigenvalue weighted by molar-refractivity contribution is -0.131. The fourth-order valence-electron chi connectivity index (χ4n) is 3.86. The molecule has 0 atom stereocenters. The largest absolute Gasteiger partial charge is 0.340 e. The smallest absolute Gasteiger partial charge is 0.308 e. The molecule has 0 aliphatic carbocycles. The van der Waals surface area contributed by atoms with Gasteiger partial charge in [-0.05, 0) is 42.3 Å². The van der Waals surface area contributed by atoms with E-state index in [0.717, 1.165) is 23.3 Å². The maximum atomic E-state index is 13.2. The van der Waals surface area contributed by atoms with Gasteiger partial charge in [-0.15, -0.1) is 0 Å². The van der Waals surface area contributed by atoms with E-state index in [1.807, 2.05) is 6.92 Å². The van der Waals surface area contributed by atoms with Crippen molar-refractivity contribution in [3.63, 3.8) is 0 Å². The standard InChI is InChI=1S/C22H24FN3O4S2/c1-2-9-26-19-8-7-18(15-20(19)31-22(26)28)32(29,30)25-12-10-24(11-13-25)21(27)14-16-3-5-17(23)6-4-16/h3-8,15H,2,9-14H2,1H3. The van der Waals surface area contributed by atoms with Crippen LogP contribution in [0.15, 0.2) is 52.2 Å². The van der Waals surface area contributed by atoms with Crippen LogP contribution >= 0.6 is 11.3 Å². The molecule has 0 spiro atoms. The molecule has 7 nitrogen and oxygen atoms in total. The molecule has 1 aliphatic heterocycles. The van der Waals surface area contributed by atoms with E-state index in [9.17, 15) is 22.4 Å². The van der Waals surface area contributed by atoms with Crippen LogP contribution in [0.1, 0.15) is 18.9 Å². The predicted octanol–water partition coefficient (Wildman–Crippen LogP) is 2.69. The number of nitrogens with zero attached hydrogens (tertiary/aromatic N) is 3. The number of piperazine rings is 1. The molecule has 0 radical (unpaired) electrons. The van der Waals surface area contributed by atoms with Crippen LogP contribution in [0.25, 0.3) is 10.2 Å². The Kier molecular flexibility index (Phi) is 6.45. The van der Waals surface area contributed by atoms with Gasteiger partial charge in [-0.1, -0.05) is 30.4 Å². The Hall–Kier alpha value is -2.56. The monoisotopic (exact) mass is 477 g/mol. The van der Waals surface area contributed by atoms with Crippen LogP contribution in [0.3, 0.4) is 0 Å². The van der Waals surface area contributed by atoms with Gasteiger partial charge in [-0.25, -0.2) is 12.8 Å². The number of thiazole rings is 1. The van der Waals surface area contributed by atoms with Gasteiger partial charge in [0.15, 0.2) is 0 Å². The maximum Gasteiger partial charge on any atom is 0.308 e. The van der Waals surface area contributed by atoms with Crippen LogP contribution in [0.5, 0.6) is 0 Å². The zero-order valence-corrected chi connectivity index (χ0v) is 19.3. The molecule has 1 fully saturated rings. The fraction of sp³-hybridized carbons (Fsp3) is 0.364. The average Bonchev–Trinajstić information content (AvgIpc) is 3.10. The van der Waals surface area contributed by atoms with Crippen LogP contribution < -0.4 is 4.87 Å². The number of fused-ring (bicyclic) bond motifs is 1. The second-order valence-electron chi connectivity index (χ2n) is 7.74. The number of hydrogen-bond acceptors (Lipinski definition) is 5. The minimum atomic E-state index is -3.73. The molecule has 1 aliphatic rings. The molecular formula is C22H24FN3O4S2. The van der Waals surface area contributed by atoms with Crippen molar-refractivity contribution in [2.24, 2.45) is 0 Å². The fourth-order valence-corrected chi connectivity index (χ4v) is 6.34. The Morgan fingerprint density at radius 3 is 2.41 bits per heavy atom. The van der Waals surface area contributed by atoms with Crippen molar-refractivity contribution in [2.75, 3.05) is 26.2 Å². The Balaban J connectivity index is 1.45. The summed E-state index contributed by atoms with van der Waals surface area (Å²) in [4.78, 5) is 26.4. The first kappa shape index (κ1) is 22.6. The number of amides is 1. The molecule has 10 heteroatoms. The zero-order valence-electron chi connectivity index (χ0n) is 17.7. The zero-order chi connectivity index (χ0) is 22.9. The van der Waals surface area contributed by atoms with Gasteiger partial charge >= 0.3 is 4.87 Å². The lowest BCUT2D eigenvalue weighted by Crippen LogP contribution is -2.50. The Morgan fingerprint density at radius 2 is 1.75 bits per heavy atom. The second kappa shape index (κ2) is 9.13. The molecule has 0 bridgehead atoms. The van der Waals surface area contributed by atoms with Gasteiger partial charge in [0, 0.05) is 32.7 Å². The molecule has 2 heterocycles.